The van der Waals surface area contributed by atoms with E-state index in [1.807, 2.05) is 55.1 Å². The highest BCUT2D eigenvalue weighted by Gasteiger charge is 2.26. The van der Waals surface area contributed by atoms with Gasteiger partial charge in [0.2, 0.25) is 0 Å². The van der Waals surface area contributed by atoms with Crippen LogP contribution in [0.1, 0.15) is 56.7 Å². The van der Waals surface area contributed by atoms with Crippen molar-refractivity contribution in [2.24, 2.45) is 0 Å². The molecule has 5 nitrogen and oxygen atoms in total. The van der Waals surface area contributed by atoms with Crippen LogP contribution in [0.3, 0.4) is 0 Å². The highest BCUT2D eigenvalue weighted by molar-refractivity contribution is 5.89. The first-order valence-electron chi connectivity index (χ1n) is 9.81. The molecule has 2 amide bonds. The first-order valence-corrected chi connectivity index (χ1v) is 9.81. The van der Waals surface area contributed by atoms with E-state index in [4.69, 9.17) is 4.74 Å². The van der Waals surface area contributed by atoms with Crippen molar-refractivity contribution in [3.05, 3.63) is 59.9 Å². The number of rotatable bonds is 5. The molecule has 3 rings (SSSR count). The number of hydrogen-bond acceptors (Lipinski definition) is 3. The number of urea groups is 1. The number of pyridine rings is 1. The number of nitrogens with one attached hydrogen (secondary N) is 1. The number of benzene rings is 1. The number of hydrogen-bond donors (Lipinski definition) is 1. The van der Waals surface area contributed by atoms with Gasteiger partial charge in [-0.3, -0.25) is 4.98 Å². The van der Waals surface area contributed by atoms with Crippen LogP contribution in [-0.4, -0.2) is 28.6 Å². The van der Waals surface area contributed by atoms with Crippen LogP contribution in [0.15, 0.2) is 48.8 Å². The van der Waals surface area contributed by atoms with Crippen LogP contribution >= 0.6 is 0 Å². The summed E-state index contributed by atoms with van der Waals surface area (Å²) < 4.78 is 5.67. The largest absolute Gasteiger partial charge is 0.374 e. The minimum absolute atomic E-state index is 0.0411. The fourth-order valence-corrected chi connectivity index (χ4v) is 3.48. The van der Waals surface area contributed by atoms with E-state index in [-0.39, 0.29) is 18.2 Å². The minimum atomic E-state index is -0.0411. The second kappa shape index (κ2) is 9.51. The molecule has 27 heavy (non-hydrogen) atoms. The molecule has 0 unspecified atom stereocenters. The summed E-state index contributed by atoms with van der Waals surface area (Å²) in [4.78, 5) is 19.1. The summed E-state index contributed by atoms with van der Waals surface area (Å²) in [7, 11) is 0. The van der Waals surface area contributed by atoms with Crippen molar-refractivity contribution in [3.8, 4) is 0 Å². The van der Waals surface area contributed by atoms with Crippen molar-refractivity contribution in [1.82, 2.24) is 9.88 Å². The smallest absolute Gasteiger partial charge is 0.322 e. The van der Waals surface area contributed by atoms with Crippen molar-refractivity contribution < 1.29 is 9.53 Å². The summed E-state index contributed by atoms with van der Waals surface area (Å²) >= 11 is 0. The summed E-state index contributed by atoms with van der Waals surface area (Å²) in [5, 5.41) is 3.08. The molecule has 5 heteroatoms. The first-order chi connectivity index (χ1) is 13.1. The second-order valence-corrected chi connectivity index (χ2v) is 7.33. The standard InChI is InChI=1S/C22H29N3O2/c1-17(2)27-16-18-7-6-8-20(15-18)24-22(26)25-14-5-3-4-9-21(25)19-10-12-23-13-11-19/h6-8,10-13,15,17,21H,3-5,9,14,16H2,1-2H3,(H,24,26)/t21-/m1/s1. The van der Waals surface area contributed by atoms with Crippen molar-refractivity contribution in [3.63, 3.8) is 0 Å². The van der Waals surface area contributed by atoms with Crippen LogP contribution < -0.4 is 5.32 Å². The Bertz CT molecular complexity index is 733. The zero-order valence-electron chi connectivity index (χ0n) is 16.2. The van der Waals surface area contributed by atoms with Gasteiger partial charge in [0.1, 0.15) is 0 Å². The maximum atomic E-state index is 13.0. The zero-order valence-corrected chi connectivity index (χ0v) is 16.2. The van der Waals surface area contributed by atoms with Gasteiger partial charge in [0.25, 0.3) is 0 Å². The average Bonchev–Trinajstić information content (AvgIpc) is 2.93. The second-order valence-electron chi connectivity index (χ2n) is 7.33. The number of aromatic nitrogens is 1. The molecule has 144 valence electrons. The molecule has 0 spiro atoms. The molecule has 1 aliphatic rings. The Kier molecular flexibility index (Phi) is 6.82. The number of amides is 2. The third kappa shape index (κ3) is 5.54. The number of carbonyl (C=O) groups excluding carboxylic acids is 1. The van der Waals surface area contributed by atoms with Crippen molar-refractivity contribution in [2.75, 3.05) is 11.9 Å². The number of likely N-dealkylation sites (tertiary alicyclic amines) is 1. The predicted molar refractivity (Wildman–Crippen MR) is 108 cm³/mol. The molecule has 1 aliphatic heterocycles. The minimum Gasteiger partial charge on any atom is -0.374 e. The van der Waals surface area contributed by atoms with Gasteiger partial charge in [0.15, 0.2) is 0 Å². The van der Waals surface area contributed by atoms with Gasteiger partial charge in [-0.1, -0.05) is 25.0 Å². The lowest BCUT2D eigenvalue weighted by atomic mass is 10.0. The van der Waals surface area contributed by atoms with Gasteiger partial charge < -0.3 is 15.0 Å². The van der Waals surface area contributed by atoms with E-state index in [1.165, 1.54) is 0 Å². The lowest BCUT2D eigenvalue weighted by Gasteiger charge is -2.30. The molecule has 0 bridgehead atoms. The van der Waals surface area contributed by atoms with Crippen molar-refractivity contribution >= 4 is 11.7 Å². The number of carbonyl (C=O) groups is 1. The van der Waals surface area contributed by atoms with Gasteiger partial charge >= 0.3 is 6.03 Å². The highest BCUT2D eigenvalue weighted by Crippen LogP contribution is 2.30. The van der Waals surface area contributed by atoms with E-state index >= 15 is 0 Å². The lowest BCUT2D eigenvalue weighted by Crippen LogP contribution is -2.38. The van der Waals surface area contributed by atoms with Crippen LogP contribution in [0.5, 0.6) is 0 Å². The third-order valence-corrected chi connectivity index (χ3v) is 4.87. The normalized spacial score (nSPS) is 17.6. The molecule has 1 saturated heterocycles. The van der Waals surface area contributed by atoms with Crippen LogP contribution in [-0.2, 0) is 11.3 Å². The topological polar surface area (TPSA) is 54.5 Å². The summed E-state index contributed by atoms with van der Waals surface area (Å²) in [6.07, 6.45) is 8.10. The summed E-state index contributed by atoms with van der Waals surface area (Å²) in [5.74, 6) is 0. The van der Waals surface area contributed by atoms with E-state index < -0.39 is 0 Å². The Morgan fingerprint density at radius 1 is 1.22 bits per heavy atom. The number of anilines is 1. The Hall–Kier alpha value is -2.40. The Morgan fingerprint density at radius 3 is 2.81 bits per heavy atom. The molecule has 1 N–H and O–H groups in total. The Balaban J connectivity index is 1.72. The fraction of sp³-hybridized carbons (Fsp3) is 0.455. The molecule has 2 aromatic rings. The van der Waals surface area contributed by atoms with Crippen LogP contribution in [0.4, 0.5) is 10.5 Å². The maximum absolute atomic E-state index is 13.0. The van der Waals surface area contributed by atoms with Gasteiger partial charge in [0.05, 0.1) is 18.8 Å². The number of ether oxygens (including phenoxy) is 1. The molecular weight excluding hydrogens is 338 g/mol. The SMILES string of the molecule is CC(C)OCc1cccc(NC(=O)N2CCCCC[C@@H]2c2ccncc2)c1. The fourth-order valence-electron chi connectivity index (χ4n) is 3.48. The van der Waals surface area contributed by atoms with Gasteiger partial charge in [0, 0.05) is 24.6 Å². The van der Waals surface area contributed by atoms with E-state index in [0.29, 0.717) is 6.61 Å². The Labute approximate surface area is 161 Å². The highest BCUT2D eigenvalue weighted by atomic mass is 16.5. The van der Waals surface area contributed by atoms with E-state index in [0.717, 1.165) is 49.0 Å². The molecule has 0 aliphatic carbocycles. The monoisotopic (exact) mass is 367 g/mol. The van der Waals surface area contributed by atoms with E-state index in [1.54, 1.807) is 12.4 Å². The van der Waals surface area contributed by atoms with Crippen molar-refractivity contribution in [2.45, 2.75) is 58.3 Å². The van der Waals surface area contributed by atoms with E-state index in [2.05, 4.69) is 10.3 Å². The quantitative estimate of drug-likeness (QED) is 0.794. The van der Waals surface area contributed by atoms with E-state index in [9.17, 15) is 4.79 Å². The predicted octanol–water partition coefficient (Wildman–Crippen LogP) is 5.16. The molecule has 0 saturated carbocycles. The van der Waals surface area contributed by atoms with Gasteiger partial charge in [-0.2, -0.15) is 0 Å². The summed E-state index contributed by atoms with van der Waals surface area (Å²) in [5.41, 5.74) is 3.02. The van der Waals surface area contributed by atoms with Crippen LogP contribution in [0, 0.1) is 0 Å². The third-order valence-electron chi connectivity index (χ3n) is 4.87. The number of nitrogens with zero attached hydrogens (tertiary/aromatic N) is 2. The molecular formula is C22H29N3O2. The zero-order chi connectivity index (χ0) is 19.1. The van der Waals surface area contributed by atoms with Gasteiger partial charge in [-0.25, -0.2) is 4.79 Å². The molecule has 1 aromatic carbocycles. The van der Waals surface area contributed by atoms with Gasteiger partial charge in [-0.15, -0.1) is 0 Å². The molecule has 0 radical (unpaired) electrons. The van der Waals surface area contributed by atoms with Gasteiger partial charge in [-0.05, 0) is 62.1 Å². The van der Waals surface area contributed by atoms with Crippen molar-refractivity contribution in [1.29, 1.82) is 0 Å². The first kappa shape index (κ1) is 19.4. The molecule has 1 atom stereocenters. The average molecular weight is 367 g/mol. The van der Waals surface area contributed by atoms with Crippen LogP contribution in [0.25, 0.3) is 0 Å². The lowest BCUT2D eigenvalue weighted by molar-refractivity contribution is 0.0657. The Morgan fingerprint density at radius 2 is 2.04 bits per heavy atom. The summed E-state index contributed by atoms with van der Waals surface area (Å²) in [6, 6.07) is 12.0. The molecule has 1 aromatic heterocycles. The molecule has 2 heterocycles. The van der Waals surface area contributed by atoms with Crippen LogP contribution in [0.2, 0.25) is 0 Å². The molecule has 1 fully saturated rings. The summed E-state index contributed by atoms with van der Waals surface area (Å²) in [6.45, 7) is 5.36. The maximum Gasteiger partial charge on any atom is 0.322 e.